The van der Waals surface area contributed by atoms with E-state index in [0.29, 0.717) is 12.0 Å². The fraction of sp³-hybridized carbons (Fsp3) is 0.364. The number of aryl methyl sites for hydroxylation is 1. The number of aliphatic hydroxyl groups is 1. The Balaban J connectivity index is 2.39. The van der Waals surface area contributed by atoms with Gasteiger partial charge in [-0.05, 0) is 42.5 Å². The van der Waals surface area contributed by atoms with E-state index in [2.05, 4.69) is 6.07 Å². The normalized spacial score (nSPS) is 20.5. The van der Waals surface area contributed by atoms with E-state index in [1.807, 2.05) is 18.2 Å². The first-order valence-corrected chi connectivity index (χ1v) is 4.49. The van der Waals surface area contributed by atoms with Crippen molar-refractivity contribution >= 4 is 0 Å². The van der Waals surface area contributed by atoms with Gasteiger partial charge in [0.05, 0.1) is 17.7 Å². The van der Waals surface area contributed by atoms with Crippen LogP contribution in [-0.2, 0) is 12.8 Å². The summed E-state index contributed by atoms with van der Waals surface area (Å²) in [7, 11) is 0. The molecule has 0 bridgehead atoms. The van der Waals surface area contributed by atoms with Crippen molar-refractivity contribution in [3.8, 4) is 6.07 Å². The molecule has 0 aromatic heterocycles. The van der Waals surface area contributed by atoms with Crippen LogP contribution in [0.4, 0.5) is 0 Å². The average Bonchev–Trinajstić information content (AvgIpc) is 2.16. The van der Waals surface area contributed by atoms with Gasteiger partial charge in [0.1, 0.15) is 0 Å². The van der Waals surface area contributed by atoms with Crippen LogP contribution in [0.5, 0.6) is 0 Å². The molecule has 13 heavy (non-hydrogen) atoms. The zero-order valence-electron chi connectivity index (χ0n) is 7.33. The second-order valence-corrected chi connectivity index (χ2v) is 3.49. The van der Waals surface area contributed by atoms with Crippen molar-refractivity contribution in [2.45, 2.75) is 25.4 Å². The number of aliphatic hydroxyl groups excluding tert-OH is 1. The van der Waals surface area contributed by atoms with Crippen LogP contribution in [0.15, 0.2) is 18.2 Å². The summed E-state index contributed by atoms with van der Waals surface area (Å²) in [6.07, 6.45) is 2.26. The topological polar surface area (TPSA) is 44.0 Å². The number of hydrogen-bond donors (Lipinski definition) is 1. The van der Waals surface area contributed by atoms with E-state index in [0.717, 1.165) is 18.4 Å². The predicted octanol–water partition coefficient (Wildman–Crippen LogP) is 1.41. The van der Waals surface area contributed by atoms with Crippen molar-refractivity contribution < 1.29 is 5.11 Å². The molecule has 1 aromatic rings. The summed E-state index contributed by atoms with van der Waals surface area (Å²) >= 11 is 0. The lowest BCUT2D eigenvalue weighted by atomic mass is 9.89. The summed E-state index contributed by atoms with van der Waals surface area (Å²) in [6, 6.07) is 7.84. The first-order valence-electron chi connectivity index (χ1n) is 4.49. The summed E-state index contributed by atoms with van der Waals surface area (Å²) in [5, 5.41) is 18.1. The van der Waals surface area contributed by atoms with Gasteiger partial charge in [0.15, 0.2) is 0 Å². The summed E-state index contributed by atoms with van der Waals surface area (Å²) in [5.74, 6) is 0. The number of benzene rings is 1. The molecule has 0 amide bonds. The summed E-state index contributed by atoms with van der Waals surface area (Å²) in [4.78, 5) is 0. The molecule has 1 N–H and O–H groups in total. The smallest absolute Gasteiger partial charge is 0.0991 e. The summed E-state index contributed by atoms with van der Waals surface area (Å²) in [5.41, 5.74) is 3.11. The van der Waals surface area contributed by atoms with Crippen molar-refractivity contribution in [2.24, 2.45) is 0 Å². The zero-order valence-corrected chi connectivity index (χ0v) is 7.33. The van der Waals surface area contributed by atoms with Crippen LogP contribution in [0.1, 0.15) is 23.1 Å². The molecule has 2 rings (SSSR count). The maximum Gasteiger partial charge on any atom is 0.0991 e. The van der Waals surface area contributed by atoms with Crippen molar-refractivity contribution in [1.82, 2.24) is 0 Å². The van der Waals surface area contributed by atoms with Crippen LogP contribution in [0, 0.1) is 11.3 Å². The number of nitriles is 1. The molecule has 2 heteroatoms. The number of fused-ring (bicyclic) bond motifs is 1. The quantitative estimate of drug-likeness (QED) is 0.644. The number of nitrogens with zero attached hydrogens (tertiary/aromatic N) is 1. The van der Waals surface area contributed by atoms with Crippen molar-refractivity contribution in [2.75, 3.05) is 0 Å². The van der Waals surface area contributed by atoms with Gasteiger partial charge in [0.2, 0.25) is 0 Å². The third-order valence-electron chi connectivity index (χ3n) is 2.54. The monoisotopic (exact) mass is 173 g/mol. The highest BCUT2D eigenvalue weighted by Crippen LogP contribution is 2.22. The Morgan fingerprint density at radius 3 is 3.00 bits per heavy atom. The van der Waals surface area contributed by atoms with E-state index in [1.165, 1.54) is 5.56 Å². The van der Waals surface area contributed by atoms with Gasteiger partial charge in [-0.25, -0.2) is 0 Å². The van der Waals surface area contributed by atoms with Gasteiger partial charge < -0.3 is 5.11 Å². The van der Waals surface area contributed by atoms with E-state index < -0.39 is 0 Å². The molecule has 0 spiro atoms. The van der Waals surface area contributed by atoms with Gasteiger partial charge in [-0.3, -0.25) is 0 Å². The molecule has 66 valence electrons. The minimum Gasteiger partial charge on any atom is -0.393 e. The third kappa shape index (κ3) is 1.56. The third-order valence-corrected chi connectivity index (χ3v) is 2.54. The molecular weight excluding hydrogens is 162 g/mol. The van der Waals surface area contributed by atoms with E-state index in [-0.39, 0.29) is 6.10 Å². The highest BCUT2D eigenvalue weighted by atomic mass is 16.3. The lowest BCUT2D eigenvalue weighted by Gasteiger charge is -2.20. The van der Waals surface area contributed by atoms with Crippen LogP contribution < -0.4 is 0 Å². The van der Waals surface area contributed by atoms with Crippen LogP contribution in [0.25, 0.3) is 0 Å². The molecule has 1 atom stereocenters. The van der Waals surface area contributed by atoms with Gasteiger partial charge in [0, 0.05) is 0 Å². The fourth-order valence-electron chi connectivity index (χ4n) is 1.81. The van der Waals surface area contributed by atoms with E-state index >= 15 is 0 Å². The fourth-order valence-corrected chi connectivity index (χ4v) is 1.81. The number of hydrogen-bond acceptors (Lipinski definition) is 2. The van der Waals surface area contributed by atoms with E-state index in [1.54, 1.807) is 0 Å². The van der Waals surface area contributed by atoms with Gasteiger partial charge in [0.25, 0.3) is 0 Å². The Labute approximate surface area is 77.4 Å². The average molecular weight is 173 g/mol. The molecule has 1 aromatic carbocycles. The van der Waals surface area contributed by atoms with Crippen LogP contribution in [0.3, 0.4) is 0 Å². The first kappa shape index (κ1) is 8.28. The molecule has 1 aliphatic rings. The Hall–Kier alpha value is -1.33. The van der Waals surface area contributed by atoms with Gasteiger partial charge in [-0.2, -0.15) is 5.26 Å². The highest BCUT2D eigenvalue weighted by molar-refractivity contribution is 5.39. The Bertz CT molecular complexity index is 365. The molecule has 0 fully saturated rings. The number of rotatable bonds is 0. The highest BCUT2D eigenvalue weighted by Gasteiger charge is 2.16. The standard InChI is InChI=1S/C11H11NO/c12-7-8-1-2-9-3-4-11(13)6-10(9)5-8/h1-2,5,11,13H,3-4,6H2. The van der Waals surface area contributed by atoms with Crippen LogP contribution in [-0.4, -0.2) is 11.2 Å². The molecule has 1 unspecified atom stereocenters. The lowest BCUT2D eigenvalue weighted by Crippen LogP contribution is -2.18. The molecule has 0 saturated heterocycles. The molecular formula is C11H11NO. The Morgan fingerprint density at radius 1 is 1.38 bits per heavy atom. The first-order chi connectivity index (χ1) is 6.29. The molecule has 1 aliphatic carbocycles. The molecule has 0 radical (unpaired) electrons. The van der Waals surface area contributed by atoms with Gasteiger partial charge >= 0.3 is 0 Å². The van der Waals surface area contributed by atoms with E-state index in [4.69, 9.17) is 5.26 Å². The van der Waals surface area contributed by atoms with Crippen LogP contribution in [0.2, 0.25) is 0 Å². The summed E-state index contributed by atoms with van der Waals surface area (Å²) < 4.78 is 0. The van der Waals surface area contributed by atoms with Crippen molar-refractivity contribution in [3.63, 3.8) is 0 Å². The predicted molar refractivity (Wildman–Crippen MR) is 49.2 cm³/mol. The Kier molecular flexibility index (Phi) is 2.03. The second kappa shape index (κ2) is 3.20. The Morgan fingerprint density at radius 2 is 2.23 bits per heavy atom. The van der Waals surface area contributed by atoms with Gasteiger partial charge in [-0.1, -0.05) is 6.07 Å². The molecule has 0 aliphatic heterocycles. The molecule has 2 nitrogen and oxygen atoms in total. The molecule has 0 saturated carbocycles. The lowest BCUT2D eigenvalue weighted by molar-refractivity contribution is 0.158. The molecule has 0 heterocycles. The van der Waals surface area contributed by atoms with E-state index in [9.17, 15) is 5.11 Å². The zero-order chi connectivity index (χ0) is 9.26. The minimum absolute atomic E-state index is 0.221. The maximum absolute atomic E-state index is 9.44. The largest absolute Gasteiger partial charge is 0.393 e. The van der Waals surface area contributed by atoms with Crippen molar-refractivity contribution in [3.05, 3.63) is 34.9 Å². The second-order valence-electron chi connectivity index (χ2n) is 3.49. The van der Waals surface area contributed by atoms with Gasteiger partial charge in [-0.15, -0.1) is 0 Å². The SMILES string of the molecule is N#Cc1ccc2c(c1)CC(O)CC2. The summed E-state index contributed by atoms with van der Waals surface area (Å²) in [6.45, 7) is 0. The maximum atomic E-state index is 9.44. The van der Waals surface area contributed by atoms with Crippen molar-refractivity contribution in [1.29, 1.82) is 5.26 Å². The minimum atomic E-state index is -0.221. The van der Waals surface area contributed by atoms with Crippen LogP contribution >= 0.6 is 0 Å².